The Morgan fingerprint density at radius 2 is 2.11 bits per heavy atom. The minimum atomic E-state index is -0.305. The Morgan fingerprint density at radius 3 is 2.85 bits per heavy atom. The van der Waals surface area contributed by atoms with Crippen LogP contribution in [0.15, 0.2) is 53.0 Å². The molecule has 7 nitrogen and oxygen atoms in total. The van der Waals surface area contributed by atoms with E-state index >= 15 is 0 Å². The second kappa shape index (κ2) is 7.50. The molecule has 1 atom stereocenters. The van der Waals surface area contributed by atoms with E-state index in [4.69, 9.17) is 9.47 Å². The van der Waals surface area contributed by atoms with Crippen molar-refractivity contribution in [3.05, 3.63) is 70.0 Å². The number of nitrogens with zero attached hydrogens (tertiary/aromatic N) is 3. The molecule has 1 aliphatic heterocycles. The molecule has 8 heteroatoms. The van der Waals surface area contributed by atoms with Crippen LogP contribution in [-0.2, 0) is 17.9 Å². The number of nitrogens with one attached hydrogen (secondary N) is 1. The lowest BCUT2D eigenvalue weighted by Crippen LogP contribution is -2.24. The van der Waals surface area contributed by atoms with E-state index in [1.165, 1.54) is 0 Å². The first-order valence-electron chi connectivity index (χ1n) is 8.39. The molecule has 0 saturated heterocycles. The van der Waals surface area contributed by atoms with Crippen LogP contribution in [0.3, 0.4) is 0 Å². The molecule has 3 aromatic rings. The number of halogens is 1. The fraction of sp³-hybridized carbons (Fsp3) is 0.211. The van der Waals surface area contributed by atoms with Crippen LogP contribution < -0.4 is 10.1 Å². The van der Waals surface area contributed by atoms with Crippen molar-refractivity contribution in [2.24, 2.45) is 0 Å². The van der Waals surface area contributed by atoms with Crippen molar-refractivity contribution in [1.29, 1.82) is 0 Å². The van der Waals surface area contributed by atoms with Gasteiger partial charge in [-0.15, -0.1) is 5.10 Å². The van der Waals surface area contributed by atoms with Gasteiger partial charge in [0.15, 0.2) is 5.69 Å². The minimum absolute atomic E-state index is 0.147. The number of ether oxygens (including phenoxy) is 2. The Morgan fingerprint density at radius 1 is 1.30 bits per heavy atom. The van der Waals surface area contributed by atoms with Gasteiger partial charge in [-0.3, -0.25) is 4.79 Å². The zero-order valence-corrected chi connectivity index (χ0v) is 16.1. The number of carbonyl (C=O) groups excluding carboxylic acids is 1. The number of carbonyl (C=O) groups is 1. The predicted octanol–water partition coefficient (Wildman–Crippen LogP) is 3.57. The number of methoxy groups -OCH3 is 1. The molecule has 1 aliphatic rings. The van der Waals surface area contributed by atoms with Crippen LogP contribution >= 0.6 is 15.9 Å². The summed E-state index contributed by atoms with van der Waals surface area (Å²) in [5, 5.41) is 11.0. The Labute approximate surface area is 164 Å². The summed E-state index contributed by atoms with van der Waals surface area (Å²) < 4.78 is 13.8. The molecule has 1 aromatic heterocycles. The number of hydrogen-bond acceptors (Lipinski definition) is 5. The SMILES string of the molecule is COc1ccc([C@@H]2Cn3nnc(C(=O)Nc4cccc(Br)c4)c3CO2)cc1. The summed E-state index contributed by atoms with van der Waals surface area (Å²) in [6.45, 7) is 0.768. The minimum Gasteiger partial charge on any atom is -0.497 e. The highest BCUT2D eigenvalue weighted by Gasteiger charge is 2.27. The molecular weight excluding hydrogens is 412 g/mol. The number of anilines is 1. The lowest BCUT2D eigenvalue weighted by molar-refractivity contribution is -0.00173. The number of hydrogen-bond donors (Lipinski definition) is 1. The Hall–Kier alpha value is -2.71. The van der Waals surface area contributed by atoms with Gasteiger partial charge in [-0.2, -0.15) is 0 Å². The van der Waals surface area contributed by atoms with Gasteiger partial charge >= 0.3 is 0 Å². The van der Waals surface area contributed by atoms with Crippen LogP contribution in [0, 0.1) is 0 Å². The van der Waals surface area contributed by atoms with Crippen molar-refractivity contribution >= 4 is 27.5 Å². The first kappa shape index (κ1) is 17.7. The van der Waals surface area contributed by atoms with Crippen LogP contribution in [0.5, 0.6) is 5.75 Å². The predicted molar refractivity (Wildman–Crippen MR) is 103 cm³/mol. The fourth-order valence-electron chi connectivity index (χ4n) is 2.96. The first-order valence-corrected chi connectivity index (χ1v) is 9.18. The van der Waals surface area contributed by atoms with Gasteiger partial charge in [0.2, 0.25) is 0 Å². The monoisotopic (exact) mass is 428 g/mol. The molecule has 0 spiro atoms. The van der Waals surface area contributed by atoms with Gasteiger partial charge in [-0.05, 0) is 35.9 Å². The van der Waals surface area contributed by atoms with Gasteiger partial charge < -0.3 is 14.8 Å². The van der Waals surface area contributed by atoms with E-state index in [2.05, 4.69) is 31.6 Å². The van der Waals surface area contributed by atoms with E-state index in [0.29, 0.717) is 17.9 Å². The maximum absolute atomic E-state index is 12.6. The van der Waals surface area contributed by atoms with Gasteiger partial charge in [0.1, 0.15) is 11.9 Å². The van der Waals surface area contributed by atoms with Crippen molar-refractivity contribution in [1.82, 2.24) is 15.0 Å². The number of aromatic nitrogens is 3. The van der Waals surface area contributed by atoms with Gasteiger partial charge in [0, 0.05) is 10.2 Å². The number of benzene rings is 2. The molecule has 4 rings (SSSR count). The summed E-state index contributed by atoms with van der Waals surface area (Å²) in [4.78, 5) is 12.6. The van der Waals surface area contributed by atoms with Crippen LogP contribution in [0.1, 0.15) is 27.8 Å². The standard InChI is InChI=1S/C19H17BrN4O3/c1-26-15-7-5-12(6-8-15)17-10-24-16(11-27-17)18(22-23-24)19(25)21-14-4-2-3-13(20)9-14/h2-9,17H,10-11H2,1H3,(H,21,25)/t17-/m0/s1. The van der Waals surface area contributed by atoms with E-state index in [9.17, 15) is 4.79 Å². The Bertz CT molecular complexity index is 971. The average Bonchev–Trinajstić information content (AvgIpc) is 3.11. The highest BCUT2D eigenvalue weighted by atomic mass is 79.9. The maximum atomic E-state index is 12.6. The van der Waals surface area contributed by atoms with Gasteiger partial charge in [0.25, 0.3) is 5.91 Å². The van der Waals surface area contributed by atoms with E-state index in [1.54, 1.807) is 11.8 Å². The van der Waals surface area contributed by atoms with E-state index in [0.717, 1.165) is 15.8 Å². The Kier molecular flexibility index (Phi) is 4.91. The molecule has 0 aliphatic carbocycles. The second-order valence-electron chi connectivity index (χ2n) is 6.10. The summed E-state index contributed by atoms with van der Waals surface area (Å²) in [5.41, 5.74) is 2.66. The van der Waals surface area contributed by atoms with E-state index in [1.807, 2.05) is 48.5 Å². The third kappa shape index (κ3) is 3.72. The average molecular weight is 429 g/mol. The highest BCUT2D eigenvalue weighted by molar-refractivity contribution is 9.10. The maximum Gasteiger partial charge on any atom is 0.278 e. The molecule has 1 N–H and O–H groups in total. The topological polar surface area (TPSA) is 78.3 Å². The van der Waals surface area contributed by atoms with Crippen molar-refractivity contribution in [3.8, 4) is 5.75 Å². The van der Waals surface area contributed by atoms with Crippen molar-refractivity contribution in [3.63, 3.8) is 0 Å². The van der Waals surface area contributed by atoms with E-state index in [-0.39, 0.29) is 24.3 Å². The molecule has 0 unspecified atom stereocenters. The molecule has 2 aromatic carbocycles. The summed E-state index contributed by atoms with van der Waals surface area (Å²) in [6.07, 6.45) is -0.147. The number of rotatable bonds is 4. The summed E-state index contributed by atoms with van der Waals surface area (Å²) in [6, 6.07) is 15.1. The molecule has 1 amide bonds. The largest absolute Gasteiger partial charge is 0.497 e. The first-order chi connectivity index (χ1) is 13.1. The molecule has 138 valence electrons. The van der Waals surface area contributed by atoms with Crippen molar-refractivity contribution in [2.45, 2.75) is 19.3 Å². The second-order valence-corrected chi connectivity index (χ2v) is 7.02. The zero-order valence-electron chi connectivity index (χ0n) is 14.6. The smallest absolute Gasteiger partial charge is 0.278 e. The van der Waals surface area contributed by atoms with Crippen LogP contribution in [0.2, 0.25) is 0 Å². The molecule has 0 fully saturated rings. The lowest BCUT2D eigenvalue weighted by atomic mass is 10.1. The van der Waals surface area contributed by atoms with Crippen LogP contribution in [0.4, 0.5) is 5.69 Å². The number of amides is 1. The van der Waals surface area contributed by atoms with Crippen molar-refractivity contribution < 1.29 is 14.3 Å². The summed E-state index contributed by atoms with van der Waals surface area (Å²) >= 11 is 3.39. The van der Waals surface area contributed by atoms with E-state index < -0.39 is 0 Å². The van der Waals surface area contributed by atoms with Crippen LogP contribution in [-0.4, -0.2) is 28.0 Å². The lowest BCUT2D eigenvalue weighted by Gasteiger charge is -2.24. The Balaban J connectivity index is 1.50. The normalized spacial score (nSPS) is 15.9. The zero-order chi connectivity index (χ0) is 18.8. The van der Waals surface area contributed by atoms with Crippen LogP contribution in [0.25, 0.3) is 0 Å². The summed E-state index contributed by atoms with van der Waals surface area (Å²) in [7, 11) is 1.63. The molecule has 27 heavy (non-hydrogen) atoms. The third-order valence-corrected chi connectivity index (χ3v) is 4.88. The van der Waals surface area contributed by atoms with Gasteiger partial charge in [0.05, 0.1) is 26.0 Å². The summed E-state index contributed by atoms with van der Waals surface area (Å²) in [5.74, 6) is 0.489. The van der Waals surface area contributed by atoms with Crippen molar-refractivity contribution in [2.75, 3.05) is 12.4 Å². The molecule has 0 saturated carbocycles. The molecule has 0 radical (unpaired) electrons. The number of fused-ring (bicyclic) bond motifs is 1. The molecular formula is C19H17BrN4O3. The highest BCUT2D eigenvalue weighted by Crippen LogP contribution is 2.28. The third-order valence-electron chi connectivity index (χ3n) is 4.38. The van der Waals surface area contributed by atoms with Gasteiger partial charge in [-0.1, -0.05) is 39.3 Å². The fourth-order valence-corrected chi connectivity index (χ4v) is 3.36. The molecule has 0 bridgehead atoms. The van der Waals surface area contributed by atoms with Gasteiger partial charge in [-0.25, -0.2) is 4.68 Å². The molecule has 2 heterocycles. The quantitative estimate of drug-likeness (QED) is 0.686.